The highest BCUT2D eigenvalue weighted by Gasteiger charge is 2.30. The molecule has 0 atom stereocenters. The lowest BCUT2D eigenvalue weighted by atomic mass is 10.1. The van der Waals surface area contributed by atoms with Crippen LogP contribution in [0.4, 0.5) is 13.2 Å². The molecule has 3 aromatic rings. The number of allylic oxidation sites excluding steroid dienone is 1. The third-order valence-electron chi connectivity index (χ3n) is 4.44. The number of alkyl halides is 3. The van der Waals surface area contributed by atoms with Crippen molar-refractivity contribution in [2.75, 3.05) is 6.54 Å². The average molecular weight is 402 g/mol. The predicted molar refractivity (Wildman–Crippen MR) is 105 cm³/mol. The van der Waals surface area contributed by atoms with Gasteiger partial charge in [0.15, 0.2) is 0 Å². The van der Waals surface area contributed by atoms with Gasteiger partial charge < -0.3 is 14.9 Å². The topological polar surface area (TPSA) is 61.3 Å². The Balaban J connectivity index is 1.73. The number of hydrogen-bond acceptors (Lipinski definition) is 4. The Kier molecular flexibility index (Phi) is 6.08. The van der Waals surface area contributed by atoms with Crippen molar-refractivity contribution in [3.05, 3.63) is 77.2 Å². The first-order valence-corrected chi connectivity index (χ1v) is 9.02. The molecule has 7 heteroatoms. The predicted octanol–water partition coefficient (Wildman–Crippen LogP) is 5.61. The summed E-state index contributed by atoms with van der Waals surface area (Å²) in [6.07, 6.45) is -2.45. The number of aromatic nitrogens is 1. The fraction of sp³-hybridized carbons (Fsp3) is 0.227. The molecule has 0 aliphatic heterocycles. The molecule has 0 saturated carbocycles. The van der Waals surface area contributed by atoms with Crippen molar-refractivity contribution in [3.63, 3.8) is 0 Å². The van der Waals surface area contributed by atoms with Gasteiger partial charge in [0.05, 0.1) is 5.56 Å². The largest absolute Gasteiger partial charge is 0.487 e. The molecular weight excluding hydrogens is 381 g/mol. The number of oxazole rings is 1. The van der Waals surface area contributed by atoms with Crippen molar-refractivity contribution in [3.8, 4) is 17.2 Å². The highest BCUT2D eigenvalue weighted by atomic mass is 19.4. The van der Waals surface area contributed by atoms with Gasteiger partial charge in [-0.15, -0.1) is 0 Å². The van der Waals surface area contributed by atoms with E-state index in [4.69, 9.17) is 14.9 Å². The number of rotatable bonds is 6. The molecule has 4 nitrogen and oxygen atoms in total. The monoisotopic (exact) mass is 402 g/mol. The van der Waals surface area contributed by atoms with Gasteiger partial charge in [0.25, 0.3) is 0 Å². The van der Waals surface area contributed by atoms with Gasteiger partial charge in [0, 0.05) is 12.1 Å². The summed E-state index contributed by atoms with van der Waals surface area (Å²) in [6.45, 7) is 4.36. The lowest BCUT2D eigenvalue weighted by Crippen LogP contribution is -2.04. The average Bonchev–Trinajstić information content (AvgIpc) is 3.07. The molecule has 0 saturated heterocycles. The Hall–Kier alpha value is -3.06. The number of nitrogens with two attached hydrogens (primary N) is 1. The van der Waals surface area contributed by atoms with Gasteiger partial charge in [-0.25, -0.2) is 4.98 Å². The van der Waals surface area contributed by atoms with Gasteiger partial charge in [-0.1, -0.05) is 18.2 Å². The van der Waals surface area contributed by atoms with Crippen LogP contribution in [-0.2, 0) is 12.8 Å². The van der Waals surface area contributed by atoms with E-state index >= 15 is 0 Å². The van der Waals surface area contributed by atoms with Crippen molar-refractivity contribution in [2.45, 2.75) is 26.6 Å². The molecule has 0 spiro atoms. The Morgan fingerprint density at radius 1 is 1.17 bits per heavy atom. The van der Waals surface area contributed by atoms with Crippen LogP contribution in [0.2, 0.25) is 0 Å². The van der Waals surface area contributed by atoms with Gasteiger partial charge in [0.1, 0.15) is 23.8 Å². The summed E-state index contributed by atoms with van der Waals surface area (Å²) in [7, 11) is 0. The maximum absolute atomic E-state index is 12.7. The van der Waals surface area contributed by atoms with E-state index in [1.54, 1.807) is 6.92 Å². The second-order valence-electron chi connectivity index (χ2n) is 6.54. The smallest absolute Gasteiger partial charge is 0.416 e. The highest BCUT2D eigenvalue weighted by molar-refractivity contribution is 5.65. The first kappa shape index (κ1) is 20.7. The molecule has 0 radical (unpaired) electrons. The number of ether oxygens (including phenoxy) is 1. The standard InChI is InChI=1S/C22H21F3N2O2/c1-14(10-11-26)17-4-3-5-19(12-17)28-13-20-15(2)29-21(27-20)16-6-8-18(9-7-16)22(23,24)25/h3-10,12H,11,13,26H2,1-2H3. The summed E-state index contributed by atoms with van der Waals surface area (Å²) in [5.41, 5.74) is 7.96. The molecule has 1 aromatic heterocycles. The van der Waals surface area contributed by atoms with E-state index in [1.165, 1.54) is 12.1 Å². The van der Waals surface area contributed by atoms with Crippen LogP contribution in [0.25, 0.3) is 17.0 Å². The van der Waals surface area contributed by atoms with Gasteiger partial charge in [-0.2, -0.15) is 13.2 Å². The van der Waals surface area contributed by atoms with Crippen LogP contribution in [0.1, 0.15) is 29.5 Å². The van der Waals surface area contributed by atoms with Gasteiger partial charge in [0.2, 0.25) is 5.89 Å². The van der Waals surface area contributed by atoms with Crippen LogP contribution in [-0.4, -0.2) is 11.5 Å². The molecule has 0 bridgehead atoms. The summed E-state index contributed by atoms with van der Waals surface area (Å²) in [4.78, 5) is 4.37. The summed E-state index contributed by atoms with van der Waals surface area (Å²) >= 11 is 0. The minimum Gasteiger partial charge on any atom is -0.487 e. The van der Waals surface area contributed by atoms with E-state index in [2.05, 4.69) is 4.98 Å². The fourth-order valence-corrected chi connectivity index (χ4v) is 2.76. The molecule has 0 aliphatic carbocycles. The Morgan fingerprint density at radius 2 is 1.90 bits per heavy atom. The number of aryl methyl sites for hydroxylation is 1. The number of hydrogen-bond donors (Lipinski definition) is 1. The summed E-state index contributed by atoms with van der Waals surface area (Å²) in [6, 6.07) is 12.3. The number of halogens is 3. The second kappa shape index (κ2) is 8.53. The van der Waals surface area contributed by atoms with Crippen LogP contribution < -0.4 is 10.5 Å². The van der Waals surface area contributed by atoms with E-state index in [-0.39, 0.29) is 12.5 Å². The van der Waals surface area contributed by atoms with Crippen molar-refractivity contribution in [1.82, 2.24) is 4.98 Å². The second-order valence-corrected chi connectivity index (χ2v) is 6.54. The van der Waals surface area contributed by atoms with Crippen molar-refractivity contribution in [2.24, 2.45) is 5.73 Å². The van der Waals surface area contributed by atoms with E-state index in [0.717, 1.165) is 23.3 Å². The quantitative estimate of drug-likeness (QED) is 0.582. The van der Waals surface area contributed by atoms with Crippen molar-refractivity contribution < 1.29 is 22.3 Å². The summed E-state index contributed by atoms with van der Waals surface area (Å²) in [5.74, 6) is 1.48. The summed E-state index contributed by atoms with van der Waals surface area (Å²) in [5, 5.41) is 0. The maximum atomic E-state index is 12.7. The van der Waals surface area contributed by atoms with Gasteiger partial charge in [-0.3, -0.25) is 0 Å². The zero-order valence-corrected chi connectivity index (χ0v) is 16.1. The van der Waals surface area contributed by atoms with Crippen LogP contribution >= 0.6 is 0 Å². The molecule has 2 aromatic carbocycles. The Bertz CT molecular complexity index is 1010. The molecule has 152 valence electrons. The lowest BCUT2D eigenvalue weighted by molar-refractivity contribution is -0.137. The van der Waals surface area contributed by atoms with Gasteiger partial charge >= 0.3 is 6.18 Å². The zero-order valence-electron chi connectivity index (χ0n) is 16.1. The van der Waals surface area contributed by atoms with E-state index in [1.807, 2.05) is 37.3 Å². The van der Waals surface area contributed by atoms with Crippen molar-refractivity contribution >= 4 is 5.57 Å². The molecule has 0 unspecified atom stereocenters. The fourth-order valence-electron chi connectivity index (χ4n) is 2.76. The minimum absolute atomic E-state index is 0.180. The lowest BCUT2D eigenvalue weighted by Gasteiger charge is -2.07. The third-order valence-corrected chi connectivity index (χ3v) is 4.44. The number of benzene rings is 2. The number of nitrogens with zero attached hydrogens (tertiary/aromatic N) is 1. The molecule has 29 heavy (non-hydrogen) atoms. The van der Waals surface area contributed by atoms with Crippen molar-refractivity contribution in [1.29, 1.82) is 0 Å². The van der Waals surface area contributed by atoms with E-state index < -0.39 is 11.7 Å². The zero-order chi connectivity index (χ0) is 21.0. The van der Waals surface area contributed by atoms with Crippen LogP contribution in [0.5, 0.6) is 5.75 Å². The van der Waals surface area contributed by atoms with Crippen LogP contribution in [0, 0.1) is 6.92 Å². The van der Waals surface area contributed by atoms with Crippen LogP contribution in [0.3, 0.4) is 0 Å². The molecule has 2 N–H and O–H groups in total. The van der Waals surface area contributed by atoms with E-state index in [9.17, 15) is 13.2 Å². The normalized spacial score (nSPS) is 12.3. The highest BCUT2D eigenvalue weighted by Crippen LogP contribution is 2.31. The Morgan fingerprint density at radius 3 is 2.55 bits per heavy atom. The van der Waals surface area contributed by atoms with E-state index in [0.29, 0.717) is 29.3 Å². The third kappa shape index (κ3) is 5.06. The molecular formula is C22H21F3N2O2. The first-order chi connectivity index (χ1) is 13.8. The molecule has 0 amide bonds. The summed E-state index contributed by atoms with van der Waals surface area (Å²) < 4.78 is 49.6. The molecule has 0 fully saturated rings. The maximum Gasteiger partial charge on any atom is 0.416 e. The molecule has 1 heterocycles. The molecule has 3 rings (SSSR count). The minimum atomic E-state index is -4.38. The molecule has 0 aliphatic rings. The Labute approximate surface area is 166 Å². The first-order valence-electron chi connectivity index (χ1n) is 9.02. The SMILES string of the molecule is CC(=CCN)c1cccc(OCc2nc(-c3ccc(C(F)(F)F)cc3)oc2C)c1. The van der Waals surface area contributed by atoms with Crippen LogP contribution in [0.15, 0.2) is 59.0 Å². The van der Waals surface area contributed by atoms with Gasteiger partial charge in [-0.05, 0) is 61.4 Å².